The Labute approximate surface area is 112 Å². The average molecular weight is 289 g/mol. The van der Waals surface area contributed by atoms with Gasteiger partial charge in [0.25, 0.3) is 0 Å². The van der Waals surface area contributed by atoms with Crippen molar-refractivity contribution in [3.05, 3.63) is 0 Å². The van der Waals surface area contributed by atoms with Gasteiger partial charge < -0.3 is 46.1 Å². The van der Waals surface area contributed by atoms with Crippen molar-refractivity contribution in [3.8, 4) is 0 Å². The maximum Gasteiger partial charge on any atom is 0.311 e. The van der Waals surface area contributed by atoms with Crippen molar-refractivity contribution in [2.75, 3.05) is 0 Å². The van der Waals surface area contributed by atoms with Gasteiger partial charge in [0.2, 0.25) is 0 Å². The minimum Gasteiger partial charge on any atom is -0.388 e. The van der Waals surface area contributed by atoms with Gasteiger partial charge in [0, 0.05) is 0 Å². The molecule has 0 aromatic carbocycles. The van der Waals surface area contributed by atoms with Crippen LogP contribution >= 0.6 is 0 Å². The molecule has 0 radical (unpaired) electrons. The molecule has 112 valence electrons. The van der Waals surface area contributed by atoms with E-state index >= 15 is 0 Å². The molecular formula is C10H15N3O7. The highest BCUT2D eigenvalue weighted by Gasteiger charge is 2.79. The highest BCUT2D eigenvalue weighted by molar-refractivity contribution is 5.80. The summed E-state index contributed by atoms with van der Waals surface area (Å²) in [6, 6.07) is 0. The van der Waals surface area contributed by atoms with E-state index in [-0.39, 0.29) is 5.96 Å². The predicted molar refractivity (Wildman–Crippen MR) is 59.7 cm³/mol. The molecule has 4 fully saturated rings. The van der Waals surface area contributed by atoms with Crippen LogP contribution in [-0.4, -0.2) is 79.8 Å². The molecule has 0 amide bonds. The molecule has 0 aromatic heterocycles. The van der Waals surface area contributed by atoms with Gasteiger partial charge in [-0.2, -0.15) is 0 Å². The van der Waals surface area contributed by atoms with Crippen LogP contribution in [0.15, 0.2) is 4.99 Å². The Kier molecular flexibility index (Phi) is 2.17. The minimum absolute atomic E-state index is 0.188. The maximum atomic E-state index is 10.4. The van der Waals surface area contributed by atoms with Crippen LogP contribution in [0.5, 0.6) is 0 Å². The molecular weight excluding hydrogens is 274 g/mol. The van der Waals surface area contributed by atoms with Crippen LogP contribution in [0.4, 0.5) is 0 Å². The smallest absolute Gasteiger partial charge is 0.311 e. The second kappa shape index (κ2) is 3.42. The number of guanidine groups is 1. The van der Waals surface area contributed by atoms with E-state index in [9.17, 15) is 25.5 Å². The van der Waals surface area contributed by atoms with Crippen LogP contribution < -0.4 is 11.1 Å². The molecule has 1 aliphatic carbocycles. The fourth-order valence-electron chi connectivity index (χ4n) is 3.92. The van der Waals surface area contributed by atoms with Crippen LogP contribution in [0.1, 0.15) is 0 Å². The number of hydrogen-bond donors (Lipinski definition) is 7. The van der Waals surface area contributed by atoms with Crippen LogP contribution in [0.3, 0.4) is 0 Å². The second-order valence-corrected chi connectivity index (χ2v) is 5.65. The highest BCUT2D eigenvalue weighted by Crippen LogP contribution is 2.55. The Morgan fingerprint density at radius 3 is 2.50 bits per heavy atom. The van der Waals surface area contributed by atoms with E-state index in [4.69, 9.17) is 15.2 Å². The third kappa shape index (κ3) is 1.13. The Balaban J connectivity index is 1.92. The molecule has 10 nitrogen and oxygen atoms in total. The molecule has 9 atom stereocenters. The quantitative estimate of drug-likeness (QED) is 0.231. The number of nitrogens with zero attached hydrogens (tertiary/aromatic N) is 1. The Morgan fingerprint density at radius 1 is 1.15 bits per heavy atom. The van der Waals surface area contributed by atoms with Gasteiger partial charge in [-0.05, 0) is 0 Å². The highest BCUT2D eigenvalue weighted by atomic mass is 16.9. The maximum absolute atomic E-state index is 10.4. The summed E-state index contributed by atoms with van der Waals surface area (Å²) in [4.78, 5) is 3.71. The monoisotopic (exact) mass is 289 g/mol. The molecule has 4 bridgehead atoms. The molecule has 5 aliphatic rings. The van der Waals surface area contributed by atoms with Crippen LogP contribution in [0.2, 0.25) is 0 Å². The fourth-order valence-corrected chi connectivity index (χ4v) is 3.92. The number of aliphatic imine (C=N–C) groups is 1. The summed E-state index contributed by atoms with van der Waals surface area (Å²) in [5, 5.41) is 53.7. The summed E-state index contributed by atoms with van der Waals surface area (Å²) in [6.45, 7) is 0. The molecule has 20 heavy (non-hydrogen) atoms. The second-order valence-electron chi connectivity index (χ2n) is 5.65. The lowest BCUT2D eigenvalue weighted by Gasteiger charge is -2.68. The normalized spacial score (nSPS) is 63.6. The summed E-state index contributed by atoms with van der Waals surface area (Å²) in [7, 11) is 0. The zero-order valence-corrected chi connectivity index (χ0v) is 10.1. The van der Waals surface area contributed by atoms with Crippen LogP contribution in [0, 0.1) is 5.92 Å². The molecule has 2 unspecified atom stereocenters. The molecule has 3 saturated heterocycles. The van der Waals surface area contributed by atoms with Crippen molar-refractivity contribution in [1.82, 2.24) is 5.32 Å². The first kappa shape index (κ1) is 12.7. The van der Waals surface area contributed by atoms with Gasteiger partial charge in [-0.25, -0.2) is 4.99 Å². The number of aliphatic hydroxyl groups is 5. The van der Waals surface area contributed by atoms with E-state index in [2.05, 4.69) is 10.3 Å². The zero-order valence-electron chi connectivity index (χ0n) is 10.1. The van der Waals surface area contributed by atoms with E-state index < -0.39 is 54.2 Å². The lowest BCUT2D eigenvalue weighted by atomic mass is 9.59. The van der Waals surface area contributed by atoms with Crippen LogP contribution in [0.25, 0.3) is 0 Å². The largest absolute Gasteiger partial charge is 0.388 e. The molecule has 1 spiro atoms. The summed E-state index contributed by atoms with van der Waals surface area (Å²) in [5.74, 6) is -3.56. The van der Waals surface area contributed by atoms with E-state index in [1.165, 1.54) is 0 Å². The first-order valence-corrected chi connectivity index (χ1v) is 6.23. The fraction of sp³-hybridized carbons (Fsp3) is 0.900. The number of aliphatic hydroxyl groups excluding tert-OH is 4. The number of ether oxygens (including phenoxy) is 2. The van der Waals surface area contributed by atoms with Crippen molar-refractivity contribution < 1.29 is 35.0 Å². The summed E-state index contributed by atoms with van der Waals surface area (Å²) in [6.07, 6.45) is -8.06. The third-order valence-corrected chi connectivity index (χ3v) is 4.72. The first-order valence-electron chi connectivity index (χ1n) is 6.23. The molecule has 5 rings (SSSR count). The number of rotatable bonds is 0. The first-order chi connectivity index (χ1) is 9.31. The van der Waals surface area contributed by atoms with Crippen molar-refractivity contribution in [3.63, 3.8) is 0 Å². The van der Waals surface area contributed by atoms with E-state index in [1.54, 1.807) is 0 Å². The molecule has 0 aromatic rings. The molecule has 4 aliphatic heterocycles. The van der Waals surface area contributed by atoms with E-state index in [1.807, 2.05) is 0 Å². The summed E-state index contributed by atoms with van der Waals surface area (Å²) < 4.78 is 10.2. The summed E-state index contributed by atoms with van der Waals surface area (Å²) in [5.41, 5.74) is 3.95. The van der Waals surface area contributed by atoms with Crippen molar-refractivity contribution in [2.24, 2.45) is 16.6 Å². The van der Waals surface area contributed by atoms with Gasteiger partial charge in [-0.3, -0.25) is 0 Å². The lowest BCUT2D eigenvalue weighted by molar-refractivity contribution is -0.532. The third-order valence-electron chi connectivity index (χ3n) is 4.72. The predicted octanol–water partition coefficient (Wildman–Crippen LogP) is -4.88. The zero-order chi connectivity index (χ0) is 14.4. The van der Waals surface area contributed by atoms with Crippen molar-refractivity contribution in [2.45, 2.75) is 48.3 Å². The molecule has 4 heterocycles. The number of nitrogens with one attached hydrogen (secondary N) is 1. The van der Waals surface area contributed by atoms with Gasteiger partial charge in [-0.15, -0.1) is 0 Å². The van der Waals surface area contributed by atoms with Gasteiger partial charge in [0.1, 0.15) is 30.0 Å². The van der Waals surface area contributed by atoms with Crippen LogP contribution in [-0.2, 0) is 9.47 Å². The lowest BCUT2D eigenvalue weighted by Crippen LogP contribution is -2.92. The summed E-state index contributed by atoms with van der Waals surface area (Å²) >= 11 is 0. The van der Waals surface area contributed by atoms with Crippen molar-refractivity contribution in [1.29, 1.82) is 0 Å². The van der Waals surface area contributed by atoms with E-state index in [0.29, 0.717) is 0 Å². The standard InChI is InChI=1S/C10H15N3O7/c11-8-12-6(16)1-3-2(14)4-5(15)9(1,13-8)7(17)10(18,19-3)20-4/h1-7,14-18H,(H3,11,12,13)/t1-,2+,3-,4?,5-,6-,7+,9-,10?/m1/s1. The molecule has 10 heteroatoms. The van der Waals surface area contributed by atoms with E-state index in [0.717, 1.165) is 0 Å². The molecule has 8 N–H and O–H groups in total. The molecule has 1 saturated carbocycles. The minimum atomic E-state index is -2.38. The Bertz CT molecular complexity index is 503. The Hall–Kier alpha value is -1.01. The Morgan fingerprint density at radius 2 is 1.80 bits per heavy atom. The average Bonchev–Trinajstić information content (AvgIpc) is 2.36. The van der Waals surface area contributed by atoms with Gasteiger partial charge in [0.05, 0.1) is 5.92 Å². The van der Waals surface area contributed by atoms with Gasteiger partial charge in [-0.1, -0.05) is 0 Å². The number of nitrogens with two attached hydrogens (primary N) is 1. The van der Waals surface area contributed by atoms with Crippen molar-refractivity contribution >= 4 is 5.96 Å². The SMILES string of the molecule is NC1=N[C@H](O)[C@H]2[C@H]3OC4(O)OC([C@H]3O)[C@@H](O)[C@@]2(N1)[C@@H]4O. The topological polar surface area (TPSA) is 170 Å². The van der Waals surface area contributed by atoms with Gasteiger partial charge in [0.15, 0.2) is 18.3 Å². The number of hydrogen-bond acceptors (Lipinski definition) is 10. The van der Waals surface area contributed by atoms with Gasteiger partial charge >= 0.3 is 5.97 Å².